The zero-order valence-corrected chi connectivity index (χ0v) is 13.1. The standard InChI is InChI=1S/C18H27NO2/c1-15-13-16(3-2-8-19-9-11-20-12-10-19)6-7-18(15)21-14-17-4-5-17/h6-7,13,17H,2-5,8-12,14H2,1H3. The molecule has 0 atom stereocenters. The van der Waals surface area contributed by atoms with Crippen molar-refractivity contribution < 1.29 is 9.47 Å². The highest BCUT2D eigenvalue weighted by Gasteiger charge is 2.22. The molecule has 0 bridgehead atoms. The Labute approximate surface area is 128 Å². The Morgan fingerprint density at radius 2 is 2.05 bits per heavy atom. The van der Waals surface area contributed by atoms with Gasteiger partial charge in [0, 0.05) is 13.1 Å². The predicted molar refractivity (Wildman–Crippen MR) is 85.0 cm³/mol. The fraction of sp³-hybridized carbons (Fsp3) is 0.667. The van der Waals surface area contributed by atoms with Crippen molar-refractivity contribution >= 4 is 0 Å². The van der Waals surface area contributed by atoms with Crippen molar-refractivity contribution in [3.8, 4) is 5.75 Å². The lowest BCUT2D eigenvalue weighted by molar-refractivity contribution is 0.0374. The summed E-state index contributed by atoms with van der Waals surface area (Å²) < 4.78 is 11.3. The van der Waals surface area contributed by atoms with E-state index in [0.717, 1.165) is 51.0 Å². The van der Waals surface area contributed by atoms with Crippen LogP contribution < -0.4 is 4.74 Å². The van der Waals surface area contributed by atoms with Gasteiger partial charge in [0.1, 0.15) is 5.75 Å². The van der Waals surface area contributed by atoms with Gasteiger partial charge < -0.3 is 9.47 Å². The first-order valence-corrected chi connectivity index (χ1v) is 8.34. The van der Waals surface area contributed by atoms with E-state index < -0.39 is 0 Å². The highest BCUT2D eigenvalue weighted by atomic mass is 16.5. The van der Waals surface area contributed by atoms with E-state index in [2.05, 4.69) is 30.0 Å². The number of benzene rings is 1. The van der Waals surface area contributed by atoms with Crippen molar-refractivity contribution in [1.29, 1.82) is 0 Å². The summed E-state index contributed by atoms with van der Waals surface area (Å²) in [5, 5.41) is 0. The van der Waals surface area contributed by atoms with Crippen LogP contribution in [0, 0.1) is 12.8 Å². The van der Waals surface area contributed by atoms with Gasteiger partial charge in [-0.1, -0.05) is 12.1 Å². The number of morpholine rings is 1. The van der Waals surface area contributed by atoms with E-state index in [9.17, 15) is 0 Å². The quantitative estimate of drug-likeness (QED) is 0.770. The first-order valence-electron chi connectivity index (χ1n) is 8.34. The molecule has 1 aliphatic heterocycles. The minimum Gasteiger partial charge on any atom is -0.493 e. The largest absolute Gasteiger partial charge is 0.493 e. The Morgan fingerprint density at radius 1 is 1.24 bits per heavy atom. The van der Waals surface area contributed by atoms with Crippen LogP contribution in [0.25, 0.3) is 0 Å². The topological polar surface area (TPSA) is 21.7 Å². The number of ether oxygens (including phenoxy) is 2. The molecule has 3 nitrogen and oxygen atoms in total. The zero-order chi connectivity index (χ0) is 14.5. The van der Waals surface area contributed by atoms with Gasteiger partial charge in [-0.3, -0.25) is 4.90 Å². The maximum absolute atomic E-state index is 5.89. The number of hydrogen-bond acceptors (Lipinski definition) is 3. The Morgan fingerprint density at radius 3 is 2.76 bits per heavy atom. The molecule has 0 aromatic heterocycles. The van der Waals surface area contributed by atoms with Crippen molar-refractivity contribution in [2.24, 2.45) is 5.92 Å². The maximum atomic E-state index is 5.89. The van der Waals surface area contributed by atoms with E-state index in [4.69, 9.17) is 9.47 Å². The highest BCUT2D eigenvalue weighted by molar-refractivity contribution is 5.36. The van der Waals surface area contributed by atoms with Crippen LogP contribution in [0.3, 0.4) is 0 Å². The summed E-state index contributed by atoms with van der Waals surface area (Å²) in [7, 11) is 0. The molecule has 0 unspecified atom stereocenters. The van der Waals surface area contributed by atoms with Gasteiger partial charge in [0.05, 0.1) is 19.8 Å². The third kappa shape index (κ3) is 4.72. The third-order valence-corrected chi connectivity index (χ3v) is 4.45. The lowest BCUT2D eigenvalue weighted by Crippen LogP contribution is -2.36. The molecule has 1 aliphatic carbocycles. The van der Waals surface area contributed by atoms with E-state index in [1.54, 1.807) is 0 Å². The van der Waals surface area contributed by atoms with Gasteiger partial charge in [0.15, 0.2) is 0 Å². The SMILES string of the molecule is Cc1cc(CCCN2CCOCC2)ccc1OCC1CC1. The van der Waals surface area contributed by atoms with Crippen LogP contribution in [0.4, 0.5) is 0 Å². The van der Waals surface area contributed by atoms with Gasteiger partial charge in [0.2, 0.25) is 0 Å². The van der Waals surface area contributed by atoms with E-state index in [1.807, 2.05) is 0 Å². The van der Waals surface area contributed by atoms with Crippen molar-refractivity contribution in [1.82, 2.24) is 4.90 Å². The first-order chi connectivity index (χ1) is 10.3. The molecule has 1 aromatic rings. The second-order valence-corrected chi connectivity index (χ2v) is 6.41. The number of nitrogens with zero attached hydrogens (tertiary/aromatic N) is 1. The number of hydrogen-bond donors (Lipinski definition) is 0. The van der Waals surface area contributed by atoms with Crippen LogP contribution in [0.2, 0.25) is 0 Å². The van der Waals surface area contributed by atoms with Crippen LogP contribution in [0.5, 0.6) is 5.75 Å². The molecule has 21 heavy (non-hydrogen) atoms. The summed E-state index contributed by atoms with van der Waals surface area (Å²) in [4.78, 5) is 2.50. The summed E-state index contributed by atoms with van der Waals surface area (Å²) in [6, 6.07) is 6.68. The molecule has 1 aromatic carbocycles. The Hall–Kier alpha value is -1.06. The lowest BCUT2D eigenvalue weighted by Gasteiger charge is -2.26. The average molecular weight is 289 g/mol. The molecule has 2 aliphatic rings. The average Bonchev–Trinajstić information content (AvgIpc) is 3.32. The Bertz CT molecular complexity index is 451. The second kappa shape index (κ2) is 7.28. The van der Waals surface area contributed by atoms with E-state index in [0.29, 0.717) is 0 Å². The molecule has 1 saturated heterocycles. The molecule has 1 saturated carbocycles. The molecule has 0 spiro atoms. The summed E-state index contributed by atoms with van der Waals surface area (Å²) in [6.07, 6.45) is 5.07. The van der Waals surface area contributed by atoms with E-state index in [-0.39, 0.29) is 0 Å². The minimum absolute atomic E-state index is 0.817. The molecule has 0 N–H and O–H groups in total. The van der Waals surface area contributed by atoms with Crippen LogP contribution in [-0.4, -0.2) is 44.4 Å². The molecular weight excluding hydrogens is 262 g/mol. The smallest absolute Gasteiger partial charge is 0.122 e. The van der Waals surface area contributed by atoms with Crippen molar-refractivity contribution in [2.45, 2.75) is 32.6 Å². The molecule has 0 amide bonds. The van der Waals surface area contributed by atoms with Gasteiger partial charge in [-0.15, -0.1) is 0 Å². The summed E-state index contributed by atoms with van der Waals surface area (Å²) >= 11 is 0. The number of rotatable bonds is 7. The fourth-order valence-corrected chi connectivity index (χ4v) is 2.85. The second-order valence-electron chi connectivity index (χ2n) is 6.41. The van der Waals surface area contributed by atoms with Crippen LogP contribution >= 0.6 is 0 Å². The van der Waals surface area contributed by atoms with Gasteiger partial charge in [-0.2, -0.15) is 0 Å². The lowest BCUT2D eigenvalue weighted by atomic mass is 10.1. The number of aryl methyl sites for hydroxylation is 2. The molecule has 3 heteroatoms. The molecular formula is C18H27NO2. The van der Waals surface area contributed by atoms with Crippen molar-refractivity contribution in [3.05, 3.63) is 29.3 Å². The molecule has 116 valence electrons. The Balaban J connectivity index is 1.43. The summed E-state index contributed by atoms with van der Waals surface area (Å²) in [6.45, 7) is 8.21. The van der Waals surface area contributed by atoms with E-state index >= 15 is 0 Å². The van der Waals surface area contributed by atoms with Crippen LogP contribution in [0.15, 0.2) is 18.2 Å². The van der Waals surface area contributed by atoms with Gasteiger partial charge >= 0.3 is 0 Å². The predicted octanol–water partition coefficient (Wildman–Crippen LogP) is 3.05. The summed E-state index contributed by atoms with van der Waals surface area (Å²) in [5.74, 6) is 1.89. The van der Waals surface area contributed by atoms with Gasteiger partial charge in [-0.05, 0) is 62.3 Å². The first kappa shape index (κ1) is 14.9. The molecule has 1 heterocycles. The van der Waals surface area contributed by atoms with Crippen LogP contribution in [0.1, 0.15) is 30.4 Å². The fourth-order valence-electron chi connectivity index (χ4n) is 2.85. The monoisotopic (exact) mass is 289 g/mol. The molecule has 2 fully saturated rings. The highest BCUT2D eigenvalue weighted by Crippen LogP contribution is 2.30. The third-order valence-electron chi connectivity index (χ3n) is 4.45. The Kier molecular flexibility index (Phi) is 5.15. The minimum atomic E-state index is 0.817. The summed E-state index contributed by atoms with van der Waals surface area (Å²) in [5.41, 5.74) is 2.71. The van der Waals surface area contributed by atoms with E-state index in [1.165, 1.54) is 36.9 Å². The normalized spacial score (nSPS) is 19.7. The molecule has 3 rings (SSSR count). The van der Waals surface area contributed by atoms with Gasteiger partial charge in [-0.25, -0.2) is 0 Å². The zero-order valence-electron chi connectivity index (χ0n) is 13.1. The van der Waals surface area contributed by atoms with Gasteiger partial charge in [0.25, 0.3) is 0 Å². The van der Waals surface area contributed by atoms with Crippen LogP contribution in [-0.2, 0) is 11.2 Å². The van der Waals surface area contributed by atoms with Crippen molar-refractivity contribution in [2.75, 3.05) is 39.5 Å². The molecule has 0 radical (unpaired) electrons. The van der Waals surface area contributed by atoms with Crippen molar-refractivity contribution in [3.63, 3.8) is 0 Å². The maximum Gasteiger partial charge on any atom is 0.122 e.